The number of phenolic OH excluding ortho intramolecular Hbond substituents is 2. The zero-order valence-corrected chi connectivity index (χ0v) is 42.0. The van der Waals surface area contributed by atoms with Crippen LogP contribution in [0.2, 0.25) is 20.1 Å². The molecule has 3 N–H and O–H groups in total. The summed E-state index contributed by atoms with van der Waals surface area (Å²) in [5.41, 5.74) is 1.24. The number of aromatic nitrogens is 4. The van der Waals surface area contributed by atoms with Crippen LogP contribution in [0.3, 0.4) is 0 Å². The Morgan fingerprint density at radius 1 is 0.636 bits per heavy atom. The molecule has 2 atom stereocenters. The maximum atomic E-state index is 12.5. The molecule has 0 spiro atoms. The first kappa shape index (κ1) is 55.7. The number of para-hydroxylation sites is 2. The molecule has 2 heterocycles. The van der Waals surface area contributed by atoms with Gasteiger partial charge in [-0.15, -0.1) is 11.4 Å². The number of nitrogens with one attached hydrogen (secondary N) is 1. The molecule has 0 saturated heterocycles. The molecule has 4 aromatic carbocycles. The van der Waals surface area contributed by atoms with Crippen LogP contribution in [-0.2, 0) is 16.8 Å². The quantitative estimate of drug-likeness (QED) is 0.0568. The van der Waals surface area contributed by atoms with Gasteiger partial charge in [-0.05, 0) is 98.4 Å². The van der Waals surface area contributed by atoms with Gasteiger partial charge >= 0.3 is 1.43 Å². The summed E-state index contributed by atoms with van der Waals surface area (Å²) in [5.74, 6) is 1.62. The van der Waals surface area contributed by atoms with Gasteiger partial charge in [-0.1, -0.05) is 162 Å². The van der Waals surface area contributed by atoms with Gasteiger partial charge in [-0.2, -0.15) is 10.2 Å². The molecule has 2 aromatic heterocycles. The minimum Gasteiger partial charge on any atom is -0.506 e. The summed E-state index contributed by atoms with van der Waals surface area (Å²) in [4.78, 5) is 25.0. The van der Waals surface area contributed by atoms with E-state index in [4.69, 9.17) is 46.4 Å². The molecular formula is C48H58Cl4CoN9O4-. The number of phenols is 2. The molecule has 0 aliphatic carbocycles. The minimum atomic E-state index is -0.453. The summed E-state index contributed by atoms with van der Waals surface area (Å²) in [6.45, 7) is 15.0. The predicted octanol–water partition coefficient (Wildman–Crippen LogP) is 14.5. The largest absolute Gasteiger partial charge is 1.00 e. The van der Waals surface area contributed by atoms with E-state index in [1.54, 1.807) is 62.4 Å². The van der Waals surface area contributed by atoms with Gasteiger partial charge in [0.05, 0.1) is 21.4 Å². The third-order valence-electron chi connectivity index (χ3n) is 10.5. The van der Waals surface area contributed by atoms with Crippen LogP contribution in [0.25, 0.3) is 11.4 Å². The number of rotatable bonds is 18. The minimum absolute atomic E-state index is 0. The molecule has 13 nitrogen and oxygen atoms in total. The standard InChI is InChI=1S/2C16H11Cl2N4O2.C16H35N.Co/c2*1-9-15(20-19-12-8-10(17)6-7-14(12)23)16(24)22(21-9)13-5-3-2-4-11(13)18;1-5-9-11-15(7-3)13-17-14-16(8-4)12-10-6-2;/h2*2-8,23H,1H3;15-17H,5-14H2,1-4H3;/q2*-1;;/p+1. The second-order valence-corrected chi connectivity index (χ2v) is 17.0. The Hall–Kier alpha value is -4.67. The summed E-state index contributed by atoms with van der Waals surface area (Å²) in [5, 5.41) is 48.7. The van der Waals surface area contributed by atoms with Crippen molar-refractivity contribution >= 4 is 69.2 Å². The molecule has 357 valence electrons. The van der Waals surface area contributed by atoms with E-state index in [1.165, 1.54) is 110 Å². The van der Waals surface area contributed by atoms with E-state index < -0.39 is 11.1 Å². The Labute approximate surface area is 418 Å². The molecule has 0 bridgehead atoms. The maximum Gasteiger partial charge on any atom is 1.00 e. The number of halogens is 4. The number of unbranched alkanes of at least 4 members (excludes halogenated alkanes) is 2. The first-order chi connectivity index (χ1) is 31.2. The third-order valence-corrected chi connectivity index (χ3v) is 11.6. The van der Waals surface area contributed by atoms with Crippen molar-refractivity contribution < 1.29 is 28.4 Å². The van der Waals surface area contributed by atoms with Crippen molar-refractivity contribution in [2.75, 3.05) is 13.1 Å². The van der Waals surface area contributed by atoms with Crippen LogP contribution in [0.1, 0.15) is 91.9 Å². The Bertz CT molecular complexity index is 2460. The molecule has 66 heavy (non-hydrogen) atoms. The van der Waals surface area contributed by atoms with Crippen molar-refractivity contribution in [3.05, 3.63) is 137 Å². The number of hydrogen-bond donors (Lipinski definition) is 3. The summed E-state index contributed by atoms with van der Waals surface area (Å²) < 4.78 is 2.34. The average Bonchev–Trinajstić information content (AvgIpc) is 3.74. The van der Waals surface area contributed by atoms with Gasteiger partial charge in [0, 0.05) is 26.8 Å². The van der Waals surface area contributed by atoms with E-state index in [0.717, 1.165) is 11.8 Å². The van der Waals surface area contributed by atoms with Crippen molar-refractivity contribution in [3.8, 4) is 22.9 Å². The van der Waals surface area contributed by atoms with Gasteiger partial charge in [-0.3, -0.25) is 0 Å². The van der Waals surface area contributed by atoms with Crippen LogP contribution in [-0.4, -0.2) is 42.9 Å². The summed E-state index contributed by atoms with van der Waals surface area (Å²) >= 11 is 23.9. The van der Waals surface area contributed by atoms with Crippen molar-refractivity contribution in [2.45, 2.75) is 92.9 Å². The van der Waals surface area contributed by atoms with Crippen molar-refractivity contribution in [3.63, 3.8) is 0 Å². The van der Waals surface area contributed by atoms with Gasteiger partial charge < -0.3 is 35.3 Å². The monoisotopic (exact) mass is 1020 g/mol. The van der Waals surface area contributed by atoms with E-state index in [1.807, 2.05) is 0 Å². The Morgan fingerprint density at radius 3 is 1.36 bits per heavy atom. The van der Waals surface area contributed by atoms with Gasteiger partial charge in [-0.25, -0.2) is 19.6 Å². The molecular weight excluding hydrogens is 967 g/mol. The van der Waals surface area contributed by atoms with E-state index in [-0.39, 0.29) is 52.5 Å². The summed E-state index contributed by atoms with van der Waals surface area (Å²) in [7, 11) is 0. The number of hydrogen-bond acceptors (Lipinski definition) is 11. The van der Waals surface area contributed by atoms with Crippen LogP contribution in [0.15, 0.2) is 115 Å². The summed E-state index contributed by atoms with van der Waals surface area (Å²) in [6, 6.07) is 22.4. The van der Waals surface area contributed by atoms with Gasteiger partial charge in [0.25, 0.3) is 0 Å². The predicted molar refractivity (Wildman–Crippen MR) is 266 cm³/mol. The molecule has 6 rings (SSSR count). The van der Waals surface area contributed by atoms with Crippen LogP contribution < -0.4 is 16.4 Å². The molecule has 2 unspecified atom stereocenters. The molecule has 0 aliphatic rings. The molecule has 0 saturated carbocycles. The van der Waals surface area contributed by atoms with Crippen LogP contribution >= 0.6 is 46.4 Å². The fourth-order valence-electron chi connectivity index (χ4n) is 6.54. The molecule has 1 radical (unpaired) electrons. The van der Waals surface area contributed by atoms with Crippen LogP contribution in [0.4, 0.5) is 22.7 Å². The topological polar surface area (TPSA) is 172 Å². The fraction of sp³-hybridized carbons (Fsp3) is 0.375. The molecule has 6 aromatic rings. The van der Waals surface area contributed by atoms with E-state index in [2.05, 4.69) is 63.7 Å². The van der Waals surface area contributed by atoms with Gasteiger partial charge in [0.1, 0.15) is 34.0 Å². The van der Waals surface area contributed by atoms with E-state index in [0.29, 0.717) is 42.9 Å². The third kappa shape index (κ3) is 16.3. The summed E-state index contributed by atoms with van der Waals surface area (Å²) in [6.07, 6.45) is 10.9. The molecule has 0 amide bonds. The van der Waals surface area contributed by atoms with Crippen molar-refractivity contribution in [1.29, 1.82) is 0 Å². The Morgan fingerprint density at radius 2 is 1.02 bits per heavy atom. The average molecular weight is 1030 g/mol. The number of benzene rings is 4. The van der Waals surface area contributed by atoms with Crippen molar-refractivity contribution in [1.82, 2.24) is 24.9 Å². The number of azo groups is 2. The first-order valence-corrected chi connectivity index (χ1v) is 23.3. The number of aromatic hydroxyl groups is 2. The van der Waals surface area contributed by atoms with Gasteiger partial charge in [0.2, 0.25) is 0 Å². The SMILES string of the molecule is CCCCC(CC)CNCC(CC)CCCC.Cc1nn(-c2ccccc2Cl)c(=O)[c-]1N=Nc1cc(Cl)ccc1O.Cc1nn(-c2ccccc2Cl)c(=O)[c-]1N=Nc1cc(Cl)ccc1O.[Co].[H+]. The molecule has 18 heteroatoms. The van der Waals surface area contributed by atoms with Gasteiger partial charge in [0.15, 0.2) is 0 Å². The molecule has 0 fully saturated rings. The van der Waals surface area contributed by atoms with Crippen LogP contribution in [0, 0.1) is 25.7 Å². The maximum absolute atomic E-state index is 12.5. The smallest absolute Gasteiger partial charge is 0.506 e. The second kappa shape index (κ2) is 28.5. The Balaban J connectivity index is 0.000000347. The fourth-order valence-corrected chi connectivity index (χ4v) is 7.30. The number of aryl methyl sites for hydroxylation is 2. The van der Waals surface area contributed by atoms with Crippen LogP contribution in [0.5, 0.6) is 11.5 Å². The normalized spacial score (nSPS) is 12.0. The Kier molecular flexibility index (Phi) is 24.0. The number of nitrogens with zero attached hydrogens (tertiary/aromatic N) is 8. The zero-order chi connectivity index (χ0) is 47.5. The molecule has 0 aliphatic heterocycles. The zero-order valence-electron chi connectivity index (χ0n) is 38.9. The van der Waals surface area contributed by atoms with E-state index >= 15 is 0 Å². The van der Waals surface area contributed by atoms with Crippen molar-refractivity contribution in [2.24, 2.45) is 32.3 Å². The second-order valence-electron chi connectivity index (χ2n) is 15.4. The first-order valence-electron chi connectivity index (χ1n) is 21.8. The van der Waals surface area contributed by atoms with E-state index in [9.17, 15) is 19.8 Å².